The topological polar surface area (TPSA) is 77.0 Å². The molecule has 0 atom stereocenters. The minimum atomic E-state index is -1.13. The van der Waals surface area contributed by atoms with Crippen molar-refractivity contribution in [3.63, 3.8) is 0 Å². The predicted molar refractivity (Wildman–Crippen MR) is 107 cm³/mol. The lowest BCUT2D eigenvalue weighted by Crippen LogP contribution is -2.07. The minimum Gasteiger partial charge on any atom is -0.467 e. The fraction of sp³-hybridized carbons (Fsp3) is 0.278. The molecule has 0 aromatic heterocycles. The average molecular weight is 489 g/mol. The Bertz CT molecular complexity index is 772. The van der Waals surface area contributed by atoms with Gasteiger partial charge in [-0.2, -0.15) is 0 Å². The Balaban J connectivity index is 2.30. The summed E-state index contributed by atoms with van der Waals surface area (Å²) in [5, 5.41) is 11.1. The van der Waals surface area contributed by atoms with E-state index in [1.165, 1.54) is 0 Å². The van der Waals surface area contributed by atoms with E-state index in [0.29, 0.717) is 26.1 Å². The molecule has 0 aliphatic carbocycles. The molecule has 1 amide bonds. The molecule has 6 nitrogen and oxygen atoms in total. The first-order valence-electron chi connectivity index (χ1n) is 7.74. The number of methoxy groups -OCH3 is 1. The number of benzene rings is 2. The van der Waals surface area contributed by atoms with Crippen molar-refractivity contribution in [3.8, 4) is 17.2 Å². The van der Waals surface area contributed by atoms with Gasteiger partial charge >= 0.3 is 6.09 Å². The number of rotatable bonds is 7. The number of halogens is 2. The fourth-order valence-electron chi connectivity index (χ4n) is 2.27. The maximum absolute atomic E-state index is 10.8. The van der Waals surface area contributed by atoms with Gasteiger partial charge < -0.3 is 19.3 Å². The van der Waals surface area contributed by atoms with Gasteiger partial charge in [0.2, 0.25) is 0 Å². The first-order valence-corrected chi connectivity index (χ1v) is 9.33. The lowest BCUT2D eigenvalue weighted by molar-refractivity contribution is 0.0502. The Morgan fingerprint density at radius 3 is 2.38 bits per heavy atom. The van der Waals surface area contributed by atoms with Gasteiger partial charge in [0, 0.05) is 18.4 Å². The molecule has 2 rings (SSSR count). The quantitative estimate of drug-likeness (QED) is 0.453. The third-order valence-corrected chi connectivity index (χ3v) is 4.58. The number of hydrogen-bond acceptors (Lipinski definition) is 4. The van der Waals surface area contributed by atoms with Gasteiger partial charge in [-0.05, 0) is 68.1 Å². The lowest BCUT2D eigenvalue weighted by atomic mass is 10.0. The van der Waals surface area contributed by atoms with Crippen molar-refractivity contribution < 1.29 is 24.1 Å². The van der Waals surface area contributed by atoms with Gasteiger partial charge in [0.15, 0.2) is 12.5 Å². The molecule has 0 unspecified atom stereocenters. The SMILES string of the molecule is COCOc1ccc(Oc2c(Br)cc(NC(=O)O)cc2Br)cc1C(C)C. The monoisotopic (exact) mass is 487 g/mol. The molecule has 0 saturated heterocycles. The molecular weight excluding hydrogens is 470 g/mol. The summed E-state index contributed by atoms with van der Waals surface area (Å²) >= 11 is 6.82. The van der Waals surface area contributed by atoms with Crippen LogP contribution in [-0.4, -0.2) is 25.1 Å². The zero-order chi connectivity index (χ0) is 19.3. The normalized spacial score (nSPS) is 10.7. The summed E-state index contributed by atoms with van der Waals surface area (Å²) in [5.74, 6) is 2.16. The molecule has 0 bridgehead atoms. The number of carboxylic acid groups (broad SMARTS) is 1. The zero-order valence-electron chi connectivity index (χ0n) is 14.5. The number of amides is 1. The summed E-state index contributed by atoms with van der Waals surface area (Å²) < 4.78 is 17.8. The van der Waals surface area contributed by atoms with E-state index in [0.717, 1.165) is 11.3 Å². The van der Waals surface area contributed by atoms with E-state index in [1.807, 2.05) is 12.1 Å². The molecule has 8 heteroatoms. The highest BCUT2D eigenvalue weighted by Gasteiger charge is 2.14. The summed E-state index contributed by atoms with van der Waals surface area (Å²) in [5.41, 5.74) is 1.42. The van der Waals surface area contributed by atoms with Crippen LogP contribution < -0.4 is 14.8 Å². The highest BCUT2D eigenvalue weighted by Crippen LogP contribution is 2.40. The lowest BCUT2D eigenvalue weighted by Gasteiger charge is -2.17. The van der Waals surface area contributed by atoms with Gasteiger partial charge in [-0.3, -0.25) is 5.32 Å². The molecule has 2 aromatic carbocycles. The molecule has 0 saturated carbocycles. The van der Waals surface area contributed by atoms with Gasteiger partial charge in [0.05, 0.1) is 8.95 Å². The Morgan fingerprint density at radius 2 is 1.85 bits per heavy atom. The molecular formula is C18H19Br2NO5. The third-order valence-electron chi connectivity index (χ3n) is 3.41. The van der Waals surface area contributed by atoms with Crippen molar-refractivity contribution in [3.05, 3.63) is 44.8 Å². The van der Waals surface area contributed by atoms with Crippen LogP contribution in [0.15, 0.2) is 39.3 Å². The Hall–Kier alpha value is -1.77. The van der Waals surface area contributed by atoms with Gasteiger partial charge in [0.25, 0.3) is 0 Å². The van der Waals surface area contributed by atoms with Crippen LogP contribution in [0.25, 0.3) is 0 Å². The van der Waals surface area contributed by atoms with E-state index in [9.17, 15) is 4.79 Å². The Kier molecular flexibility index (Phi) is 7.31. The van der Waals surface area contributed by atoms with Gasteiger partial charge in [-0.15, -0.1) is 0 Å². The van der Waals surface area contributed by atoms with Crippen LogP contribution in [-0.2, 0) is 4.74 Å². The molecule has 0 radical (unpaired) electrons. The third kappa shape index (κ3) is 5.36. The van der Waals surface area contributed by atoms with Crippen LogP contribution in [0, 0.1) is 0 Å². The van der Waals surface area contributed by atoms with Crippen LogP contribution in [0.5, 0.6) is 17.2 Å². The summed E-state index contributed by atoms with van der Waals surface area (Å²) in [6.45, 7) is 4.31. The summed E-state index contributed by atoms with van der Waals surface area (Å²) in [7, 11) is 1.57. The zero-order valence-corrected chi connectivity index (χ0v) is 17.7. The van der Waals surface area contributed by atoms with E-state index in [1.54, 1.807) is 25.3 Å². The maximum atomic E-state index is 10.8. The van der Waals surface area contributed by atoms with E-state index >= 15 is 0 Å². The van der Waals surface area contributed by atoms with Crippen molar-refractivity contribution >= 4 is 43.6 Å². The Morgan fingerprint density at radius 1 is 1.19 bits per heavy atom. The molecule has 2 aromatic rings. The minimum absolute atomic E-state index is 0.176. The maximum Gasteiger partial charge on any atom is 0.409 e. The second-order valence-corrected chi connectivity index (χ2v) is 7.42. The average Bonchev–Trinajstić information content (AvgIpc) is 2.56. The van der Waals surface area contributed by atoms with E-state index in [2.05, 4.69) is 51.0 Å². The van der Waals surface area contributed by atoms with Gasteiger partial charge in [-0.25, -0.2) is 4.79 Å². The molecule has 0 fully saturated rings. The highest BCUT2D eigenvalue weighted by molar-refractivity contribution is 9.11. The second kappa shape index (κ2) is 9.25. The number of ether oxygens (including phenoxy) is 3. The Labute approximate surface area is 168 Å². The number of nitrogens with one attached hydrogen (secondary N) is 1. The van der Waals surface area contributed by atoms with Crippen LogP contribution >= 0.6 is 31.9 Å². The molecule has 0 aliphatic heterocycles. The largest absolute Gasteiger partial charge is 0.467 e. The number of hydrogen-bond donors (Lipinski definition) is 2. The van der Waals surface area contributed by atoms with Crippen molar-refractivity contribution in [2.75, 3.05) is 19.2 Å². The summed E-state index contributed by atoms with van der Waals surface area (Å²) in [6.07, 6.45) is -1.13. The second-order valence-electron chi connectivity index (χ2n) is 5.71. The molecule has 0 heterocycles. The smallest absolute Gasteiger partial charge is 0.409 e. The summed E-state index contributed by atoms with van der Waals surface area (Å²) in [4.78, 5) is 10.8. The van der Waals surface area contributed by atoms with Crippen LogP contribution in [0.4, 0.5) is 10.5 Å². The fourth-order valence-corrected chi connectivity index (χ4v) is 3.61. The molecule has 2 N–H and O–H groups in total. The standard InChI is InChI=1S/C18H19Br2NO5/c1-10(2)13-8-12(4-5-16(13)25-9-24-3)26-17-14(19)6-11(7-15(17)20)21-18(22)23/h4-8,10,21H,9H2,1-3H3,(H,22,23). The number of anilines is 1. The predicted octanol–water partition coefficient (Wildman–Crippen LogP) is 6.20. The first kappa shape index (κ1) is 20.5. The van der Waals surface area contributed by atoms with E-state index in [-0.39, 0.29) is 12.7 Å². The van der Waals surface area contributed by atoms with Gasteiger partial charge in [-0.1, -0.05) is 13.8 Å². The molecule has 0 spiro atoms. The van der Waals surface area contributed by atoms with Crippen molar-refractivity contribution in [1.82, 2.24) is 0 Å². The first-order chi connectivity index (χ1) is 12.3. The van der Waals surface area contributed by atoms with Crippen LogP contribution in [0.1, 0.15) is 25.3 Å². The van der Waals surface area contributed by atoms with Crippen molar-refractivity contribution in [2.45, 2.75) is 19.8 Å². The van der Waals surface area contributed by atoms with Crippen molar-refractivity contribution in [2.24, 2.45) is 0 Å². The van der Waals surface area contributed by atoms with Gasteiger partial charge in [0.1, 0.15) is 11.5 Å². The van der Waals surface area contributed by atoms with E-state index in [4.69, 9.17) is 19.3 Å². The molecule has 0 aliphatic rings. The summed E-state index contributed by atoms with van der Waals surface area (Å²) in [6, 6.07) is 8.82. The van der Waals surface area contributed by atoms with E-state index < -0.39 is 6.09 Å². The van der Waals surface area contributed by atoms with Crippen LogP contribution in [0.2, 0.25) is 0 Å². The number of carbonyl (C=O) groups is 1. The van der Waals surface area contributed by atoms with Crippen molar-refractivity contribution in [1.29, 1.82) is 0 Å². The highest BCUT2D eigenvalue weighted by atomic mass is 79.9. The molecule has 140 valence electrons. The van der Waals surface area contributed by atoms with Crippen LogP contribution in [0.3, 0.4) is 0 Å². The molecule has 26 heavy (non-hydrogen) atoms.